The molecule has 1 atom stereocenters. The maximum Gasteiger partial charge on any atom is 0.253 e. The number of nitrogens with zero attached hydrogens (tertiary/aromatic N) is 2. The molecule has 0 aliphatic rings. The van der Waals surface area contributed by atoms with E-state index in [-0.39, 0.29) is 11.9 Å². The molecule has 0 radical (unpaired) electrons. The molecule has 0 saturated carbocycles. The monoisotopic (exact) mass is 619 g/mol. The van der Waals surface area contributed by atoms with Gasteiger partial charge < -0.3 is 25.7 Å². The molecule has 41 heavy (non-hydrogen) atoms. The van der Waals surface area contributed by atoms with Crippen molar-refractivity contribution in [1.29, 1.82) is 0 Å². The van der Waals surface area contributed by atoms with E-state index in [2.05, 4.69) is 48.9 Å². The number of ether oxygens (including phenoxy) is 1. The lowest BCUT2D eigenvalue weighted by atomic mass is 10.1. The number of aryl methyl sites for hydroxylation is 1. The fourth-order valence-corrected chi connectivity index (χ4v) is 3.87. The number of aromatic nitrogens is 2. The zero-order chi connectivity index (χ0) is 31.4. The van der Waals surface area contributed by atoms with Crippen molar-refractivity contribution >= 4 is 58.4 Å². The fraction of sp³-hybridized carbons (Fsp3) is 0.379. The summed E-state index contributed by atoms with van der Waals surface area (Å²) in [6.07, 6.45) is 7.31. The molecule has 9 nitrogen and oxygen atoms in total. The zero-order valence-electron chi connectivity index (χ0n) is 24.7. The van der Waals surface area contributed by atoms with Crippen LogP contribution in [0, 0.1) is 5.92 Å². The minimum Gasteiger partial charge on any atom is -0.402 e. The largest absolute Gasteiger partial charge is 0.402 e. The highest BCUT2D eigenvalue weighted by molar-refractivity contribution is 7.81. The molecule has 4 N–H and O–H groups in total. The van der Waals surface area contributed by atoms with Crippen molar-refractivity contribution in [3.63, 3.8) is 0 Å². The average molecular weight is 620 g/mol. The van der Waals surface area contributed by atoms with Gasteiger partial charge in [-0.15, -0.1) is 11.3 Å². The molecule has 0 saturated heterocycles. The lowest BCUT2D eigenvalue weighted by molar-refractivity contribution is -0.105. The van der Waals surface area contributed by atoms with E-state index >= 15 is 0 Å². The summed E-state index contributed by atoms with van der Waals surface area (Å²) in [7, 11) is 3.50. The quantitative estimate of drug-likeness (QED) is 0.118. The average Bonchev–Trinajstić information content (AvgIpc) is 3.60. The van der Waals surface area contributed by atoms with Crippen LogP contribution in [0.1, 0.15) is 57.0 Å². The van der Waals surface area contributed by atoms with Crippen LogP contribution in [-0.2, 0) is 29.1 Å². The first-order valence-corrected chi connectivity index (χ1v) is 14.4. The van der Waals surface area contributed by atoms with Crippen molar-refractivity contribution in [3.8, 4) is 11.3 Å². The molecule has 1 aromatic carbocycles. The smallest absolute Gasteiger partial charge is 0.253 e. The number of thiocarbonyl (C=S) groups is 1. The Balaban J connectivity index is 0.000000662. The second-order valence-electron chi connectivity index (χ2n) is 9.33. The Morgan fingerprint density at radius 2 is 1.88 bits per heavy atom. The van der Waals surface area contributed by atoms with Gasteiger partial charge in [0.25, 0.3) is 5.91 Å². The number of rotatable bonds is 10. The summed E-state index contributed by atoms with van der Waals surface area (Å²) in [5.74, 6) is 0.824. The van der Waals surface area contributed by atoms with Crippen LogP contribution in [0.2, 0.25) is 0 Å². The van der Waals surface area contributed by atoms with Crippen molar-refractivity contribution in [2.75, 3.05) is 19.0 Å². The van der Waals surface area contributed by atoms with Crippen LogP contribution < -0.4 is 16.4 Å². The molecule has 0 aliphatic heterocycles. The number of hydrogen-bond acceptors (Lipinski definition) is 9. The highest BCUT2D eigenvalue weighted by atomic mass is 32.1. The van der Waals surface area contributed by atoms with Crippen LogP contribution >= 0.6 is 23.6 Å². The molecule has 1 unspecified atom stereocenters. The van der Waals surface area contributed by atoms with Crippen LogP contribution in [-0.4, -0.2) is 50.7 Å². The second kappa shape index (κ2) is 21.4. The number of amides is 2. The maximum atomic E-state index is 11.6. The van der Waals surface area contributed by atoms with Crippen molar-refractivity contribution in [1.82, 2.24) is 14.9 Å². The summed E-state index contributed by atoms with van der Waals surface area (Å²) in [5, 5.41) is 7.83. The number of methoxy groups -OCH3 is 1. The summed E-state index contributed by atoms with van der Waals surface area (Å²) in [6.45, 7) is 10.9. The minimum absolute atomic E-state index is 0.0349. The molecule has 0 bridgehead atoms. The lowest BCUT2D eigenvalue weighted by Crippen LogP contribution is -2.35. The predicted molar refractivity (Wildman–Crippen MR) is 174 cm³/mol. The van der Waals surface area contributed by atoms with Gasteiger partial charge in [0.05, 0.1) is 17.9 Å². The first kappa shape index (κ1) is 37.7. The number of nitrogens with two attached hydrogens (primary N) is 1. The highest BCUT2D eigenvalue weighted by Gasteiger charge is 2.10. The fourth-order valence-electron chi connectivity index (χ4n) is 2.88. The van der Waals surface area contributed by atoms with Gasteiger partial charge >= 0.3 is 0 Å². The summed E-state index contributed by atoms with van der Waals surface area (Å²) >= 11 is 9.53. The number of carbonyl (C=O) groups is 2. The summed E-state index contributed by atoms with van der Waals surface area (Å²) in [6, 6.07) is 9.58. The first-order chi connectivity index (χ1) is 19.5. The normalized spacial score (nSPS) is 11.0. The Morgan fingerprint density at radius 3 is 2.39 bits per heavy atom. The number of benzene rings is 1. The number of thiazole rings is 1. The Bertz CT molecular complexity index is 1240. The Hall–Kier alpha value is -3.32. The molecule has 224 valence electrons. The third-order valence-corrected chi connectivity index (χ3v) is 6.32. The van der Waals surface area contributed by atoms with Gasteiger partial charge in [-0.25, -0.2) is 4.98 Å². The van der Waals surface area contributed by atoms with E-state index in [0.717, 1.165) is 22.7 Å². The molecule has 3 aromatic rings. The molecule has 12 heteroatoms. The number of anilines is 1. The van der Waals surface area contributed by atoms with Crippen LogP contribution in [0.25, 0.3) is 11.3 Å². The van der Waals surface area contributed by atoms with Crippen LogP contribution in [0.3, 0.4) is 0 Å². The van der Waals surface area contributed by atoms with E-state index in [4.69, 9.17) is 26.9 Å². The number of carbonyl (C=O) groups excluding carboxylic acids is 2. The molecule has 0 aliphatic carbocycles. The van der Waals surface area contributed by atoms with Gasteiger partial charge in [-0.1, -0.05) is 57.6 Å². The summed E-state index contributed by atoms with van der Waals surface area (Å²) in [5.41, 5.74) is 9.65. The van der Waals surface area contributed by atoms with Crippen LogP contribution in [0.4, 0.5) is 5.13 Å². The van der Waals surface area contributed by atoms with Gasteiger partial charge in [0.2, 0.25) is 6.41 Å². The van der Waals surface area contributed by atoms with Gasteiger partial charge in [-0.3, -0.25) is 9.59 Å². The van der Waals surface area contributed by atoms with E-state index in [1.807, 2.05) is 54.4 Å². The molecule has 0 fully saturated rings. The third-order valence-electron chi connectivity index (χ3n) is 5.19. The van der Waals surface area contributed by atoms with Gasteiger partial charge in [-0.05, 0) is 43.5 Å². The van der Waals surface area contributed by atoms with Crippen LogP contribution in [0.5, 0.6) is 0 Å². The standard InChI is InChI=1S/C14H13N3OS2.C10H16N2O2.C5H12.OS/c1-9(15)5-13(19)11-4-2-3-10(6-11)12-7-20-14(17-12)16-8-18;1-8(7-14-3)11-10(13)9-4-5-12(2)6-9;1-4-5(2)3;1-2/h2-8H,15H2,1H3,(H,16,17,18);4-6,8H,7H2,1-3H3,(H,11,13);5H,4H2,1-3H3;/b9-5-;;;. The molecule has 2 amide bonds. The number of allylic oxidation sites excluding steroid dienone is 2. The first-order valence-electron chi connectivity index (χ1n) is 12.8. The molecule has 2 heterocycles. The topological polar surface area (TPSA) is 128 Å². The van der Waals surface area contributed by atoms with Gasteiger partial charge in [0.15, 0.2) is 17.7 Å². The molecular formula is C29H41N5O4S3. The molecule has 3 rings (SSSR count). The van der Waals surface area contributed by atoms with Crippen molar-refractivity contribution in [2.45, 2.75) is 47.1 Å². The Morgan fingerprint density at radius 1 is 1.22 bits per heavy atom. The predicted octanol–water partition coefficient (Wildman–Crippen LogP) is 5.46. The van der Waals surface area contributed by atoms with E-state index in [1.54, 1.807) is 32.4 Å². The third kappa shape index (κ3) is 15.9. The minimum atomic E-state index is -0.0600. The van der Waals surface area contributed by atoms with E-state index in [1.165, 1.54) is 17.8 Å². The van der Waals surface area contributed by atoms with Gasteiger partial charge in [0, 0.05) is 54.1 Å². The van der Waals surface area contributed by atoms with Gasteiger partial charge in [0.1, 0.15) is 0 Å². The summed E-state index contributed by atoms with van der Waals surface area (Å²) < 4.78 is 14.6. The molecular weight excluding hydrogens is 579 g/mol. The van der Waals surface area contributed by atoms with Crippen molar-refractivity contribution in [2.24, 2.45) is 18.7 Å². The van der Waals surface area contributed by atoms with Crippen molar-refractivity contribution in [3.05, 3.63) is 71.0 Å². The Labute approximate surface area is 258 Å². The highest BCUT2D eigenvalue weighted by Crippen LogP contribution is 2.25. The number of nitrogens with one attached hydrogen (secondary N) is 2. The molecule has 2 aromatic heterocycles. The van der Waals surface area contributed by atoms with Gasteiger partial charge in [-0.2, -0.15) is 4.21 Å². The second-order valence-corrected chi connectivity index (χ2v) is 10.6. The van der Waals surface area contributed by atoms with Crippen molar-refractivity contribution < 1.29 is 18.5 Å². The lowest BCUT2D eigenvalue weighted by Gasteiger charge is -2.11. The van der Waals surface area contributed by atoms with Crippen LogP contribution in [0.15, 0.2) is 59.9 Å². The molecule has 0 spiro atoms. The SMILES string of the molecule is C/C(N)=C/C(=S)c1cccc(-c2csc(NC=O)n2)c1.CCC(C)C.COCC(C)NC(=O)c1ccn(C)c1.O=S. The number of hydrogen-bond donors (Lipinski definition) is 3. The zero-order valence-corrected chi connectivity index (χ0v) is 27.1. The van der Waals surface area contributed by atoms with E-state index in [0.29, 0.717) is 34.3 Å². The maximum absolute atomic E-state index is 11.6. The Kier molecular flexibility index (Phi) is 19.7. The van der Waals surface area contributed by atoms with E-state index < -0.39 is 0 Å². The summed E-state index contributed by atoms with van der Waals surface area (Å²) in [4.78, 5) is 27.0. The van der Waals surface area contributed by atoms with E-state index in [9.17, 15) is 9.59 Å².